The van der Waals surface area contributed by atoms with Crippen LogP contribution in [0.15, 0.2) is 48.5 Å². The number of amides is 1. The molecule has 0 bridgehead atoms. The Morgan fingerprint density at radius 1 is 0.897 bits per heavy atom. The monoisotopic (exact) mass is 404 g/mol. The zero-order valence-corrected chi connectivity index (χ0v) is 16.1. The Hall–Kier alpha value is -2.49. The quantitative estimate of drug-likeness (QED) is 0.386. The highest BCUT2D eigenvalue weighted by Crippen LogP contribution is 2.44. The van der Waals surface area contributed by atoms with Crippen LogP contribution < -0.4 is 11.1 Å². The van der Waals surface area contributed by atoms with Gasteiger partial charge in [-0.15, -0.1) is 0 Å². The summed E-state index contributed by atoms with van der Waals surface area (Å²) >= 11 is 0. The van der Waals surface area contributed by atoms with Gasteiger partial charge in [-0.25, -0.2) is 4.79 Å². The van der Waals surface area contributed by atoms with E-state index >= 15 is 0 Å². The first-order valence-corrected chi connectivity index (χ1v) is 9.36. The molecular formula is C21H28N2O6. The minimum atomic E-state index is -0.703. The van der Waals surface area contributed by atoms with Crippen molar-refractivity contribution < 1.29 is 30.0 Å². The molecule has 2 aromatic carbocycles. The molecule has 3 rings (SSSR count). The topological polar surface area (TPSA) is 145 Å². The molecule has 8 nitrogen and oxygen atoms in total. The van der Waals surface area contributed by atoms with Crippen molar-refractivity contribution in [2.24, 2.45) is 5.73 Å². The van der Waals surface area contributed by atoms with Crippen molar-refractivity contribution in [3.63, 3.8) is 0 Å². The Kier molecular flexibility index (Phi) is 9.04. The summed E-state index contributed by atoms with van der Waals surface area (Å²) in [6.45, 7) is -0.738. The van der Waals surface area contributed by atoms with Gasteiger partial charge in [-0.2, -0.15) is 0 Å². The van der Waals surface area contributed by atoms with Gasteiger partial charge in [-0.1, -0.05) is 48.5 Å². The standard InChI is InChI=1S/C18H19NO4.C3H9NO2/c20-9-12(10-21)19-18(22)23-11-17-15-7-3-1-5-13(15)14-6-2-4-8-16(14)17;4-3(1-5)2-6/h1-8,12,17,20-21H,9-11H2,(H,19,22);3,5-6H,1-2,4H2. The van der Waals surface area contributed by atoms with Crippen LogP contribution in [0.25, 0.3) is 11.1 Å². The molecule has 7 N–H and O–H groups in total. The number of nitrogens with two attached hydrogens (primary N) is 1. The van der Waals surface area contributed by atoms with Gasteiger partial charge in [0.2, 0.25) is 0 Å². The van der Waals surface area contributed by atoms with Crippen LogP contribution in [0.5, 0.6) is 0 Å². The SMILES string of the molecule is NC(CO)CO.O=C(NC(CO)CO)OCC1c2ccccc2-c2ccccc21. The second-order valence-electron chi connectivity index (χ2n) is 6.66. The normalized spacial score (nSPS) is 12.2. The van der Waals surface area contributed by atoms with Crippen molar-refractivity contribution in [3.05, 3.63) is 59.7 Å². The highest BCUT2D eigenvalue weighted by Gasteiger charge is 2.29. The van der Waals surface area contributed by atoms with E-state index in [4.69, 9.17) is 30.9 Å². The summed E-state index contributed by atoms with van der Waals surface area (Å²) in [6.07, 6.45) is -0.639. The highest BCUT2D eigenvalue weighted by molar-refractivity contribution is 5.79. The van der Waals surface area contributed by atoms with E-state index in [0.29, 0.717) is 0 Å². The van der Waals surface area contributed by atoms with Crippen molar-refractivity contribution >= 4 is 6.09 Å². The summed E-state index contributed by atoms with van der Waals surface area (Å²) < 4.78 is 5.30. The van der Waals surface area contributed by atoms with E-state index in [1.165, 1.54) is 11.1 Å². The van der Waals surface area contributed by atoms with Crippen LogP contribution in [0.3, 0.4) is 0 Å². The first-order chi connectivity index (χ1) is 14.0. The summed E-state index contributed by atoms with van der Waals surface area (Å²) in [5.74, 6) is -0.00477. The second kappa shape index (κ2) is 11.5. The van der Waals surface area contributed by atoms with Crippen molar-refractivity contribution in [2.75, 3.05) is 33.0 Å². The van der Waals surface area contributed by atoms with Crippen molar-refractivity contribution in [2.45, 2.75) is 18.0 Å². The predicted octanol–water partition coefficient (Wildman–Crippen LogP) is 0.177. The number of carbonyl (C=O) groups is 1. The fourth-order valence-corrected chi connectivity index (χ4v) is 3.01. The lowest BCUT2D eigenvalue weighted by atomic mass is 9.98. The summed E-state index contributed by atoms with van der Waals surface area (Å²) in [5, 5.41) is 36.5. The molecule has 0 radical (unpaired) electrons. The third-order valence-corrected chi connectivity index (χ3v) is 4.58. The van der Waals surface area contributed by atoms with Crippen molar-refractivity contribution in [1.29, 1.82) is 0 Å². The van der Waals surface area contributed by atoms with Crippen molar-refractivity contribution in [3.8, 4) is 11.1 Å². The van der Waals surface area contributed by atoms with Crippen LogP contribution >= 0.6 is 0 Å². The molecule has 1 aliphatic carbocycles. The molecule has 0 saturated carbocycles. The Balaban J connectivity index is 0.000000438. The lowest BCUT2D eigenvalue weighted by molar-refractivity contribution is 0.119. The molecule has 2 aromatic rings. The van der Waals surface area contributed by atoms with E-state index in [2.05, 4.69) is 17.4 Å². The van der Waals surface area contributed by atoms with Gasteiger partial charge in [0.25, 0.3) is 0 Å². The van der Waals surface area contributed by atoms with Gasteiger partial charge >= 0.3 is 6.09 Å². The van der Waals surface area contributed by atoms with E-state index in [1.807, 2.05) is 36.4 Å². The lowest BCUT2D eigenvalue weighted by Gasteiger charge is -2.17. The average Bonchev–Trinajstić information content (AvgIpc) is 3.09. The zero-order chi connectivity index (χ0) is 21.2. The number of rotatable bonds is 7. The predicted molar refractivity (Wildman–Crippen MR) is 108 cm³/mol. The Bertz CT molecular complexity index is 732. The summed E-state index contributed by atoms with van der Waals surface area (Å²) in [7, 11) is 0. The number of hydrogen-bond acceptors (Lipinski definition) is 7. The maximum Gasteiger partial charge on any atom is 0.407 e. The number of ether oxygens (including phenoxy) is 1. The molecule has 8 heteroatoms. The molecule has 1 amide bonds. The minimum Gasteiger partial charge on any atom is -0.449 e. The summed E-state index contributed by atoms with van der Waals surface area (Å²) in [4.78, 5) is 11.8. The van der Waals surface area contributed by atoms with Gasteiger partial charge < -0.3 is 36.2 Å². The third-order valence-electron chi connectivity index (χ3n) is 4.58. The molecule has 0 spiro atoms. The molecule has 0 atom stereocenters. The molecule has 1 aliphatic rings. The third kappa shape index (κ3) is 5.99. The van der Waals surface area contributed by atoms with Gasteiger partial charge in [-0.05, 0) is 22.3 Å². The fraction of sp³-hybridized carbons (Fsp3) is 0.381. The van der Waals surface area contributed by atoms with Crippen LogP contribution in [0.1, 0.15) is 17.0 Å². The number of alkyl carbamates (subject to hydrolysis) is 1. The number of aliphatic hydroxyl groups excluding tert-OH is 4. The van der Waals surface area contributed by atoms with Crippen molar-refractivity contribution in [1.82, 2.24) is 5.32 Å². The Morgan fingerprint density at radius 2 is 1.38 bits per heavy atom. The molecule has 158 valence electrons. The van der Waals surface area contributed by atoms with E-state index in [-0.39, 0.29) is 39.0 Å². The number of hydrogen-bond donors (Lipinski definition) is 6. The zero-order valence-electron chi connectivity index (χ0n) is 16.1. The van der Waals surface area contributed by atoms with E-state index in [1.54, 1.807) is 0 Å². The van der Waals surface area contributed by atoms with E-state index < -0.39 is 18.2 Å². The first-order valence-electron chi connectivity index (χ1n) is 9.36. The maximum atomic E-state index is 11.8. The average molecular weight is 404 g/mol. The van der Waals surface area contributed by atoms with Crippen LogP contribution in [-0.4, -0.2) is 71.6 Å². The molecule has 0 saturated heterocycles. The molecule has 0 aliphatic heterocycles. The van der Waals surface area contributed by atoms with Crippen LogP contribution in [0.4, 0.5) is 4.79 Å². The molecule has 0 unspecified atom stereocenters. The number of aliphatic hydroxyl groups is 4. The summed E-state index contributed by atoms with van der Waals surface area (Å²) in [6, 6.07) is 15.0. The fourth-order valence-electron chi connectivity index (χ4n) is 3.01. The minimum absolute atomic E-state index is 0.00477. The first kappa shape index (κ1) is 22.8. The lowest BCUT2D eigenvalue weighted by Crippen LogP contribution is -2.40. The highest BCUT2D eigenvalue weighted by atomic mass is 16.5. The number of carbonyl (C=O) groups excluding carboxylic acids is 1. The van der Waals surface area contributed by atoms with Gasteiger partial charge in [0, 0.05) is 5.92 Å². The largest absolute Gasteiger partial charge is 0.449 e. The molecule has 29 heavy (non-hydrogen) atoms. The van der Waals surface area contributed by atoms with Gasteiger partial charge in [0.1, 0.15) is 6.61 Å². The van der Waals surface area contributed by atoms with Crippen LogP contribution in [0, 0.1) is 0 Å². The summed E-state index contributed by atoms with van der Waals surface area (Å²) in [5.41, 5.74) is 9.59. The molecule has 0 aromatic heterocycles. The van der Waals surface area contributed by atoms with E-state index in [0.717, 1.165) is 11.1 Å². The van der Waals surface area contributed by atoms with Gasteiger partial charge in [0.05, 0.1) is 38.5 Å². The maximum absolute atomic E-state index is 11.8. The van der Waals surface area contributed by atoms with Gasteiger partial charge in [-0.3, -0.25) is 0 Å². The smallest absolute Gasteiger partial charge is 0.407 e. The Morgan fingerprint density at radius 3 is 1.79 bits per heavy atom. The van der Waals surface area contributed by atoms with Gasteiger partial charge in [0.15, 0.2) is 0 Å². The van der Waals surface area contributed by atoms with Crippen LogP contribution in [0.2, 0.25) is 0 Å². The molecule has 0 fully saturated rings. The number of nitrogens with one attached hydrogen (secondary N) is 1. The number of fused-ring (bicyclic) bond motifs is 3. The molecular weight excluding hydrogens is 376 g/mol. The Labute approximate surface area is 169 Å². The number of benzene rings is 2. The van der Waals surface area contributed by atoms with E-state index in [9.17, 15) is 4.79 Å². The van der Waals surface area contributed by atoms with Crippen LogP contribution in [-0.2, 0) is 4.74 Å². The second-order valence-corrected chi connectivity index (χ2v) is 6.66. The molecule has 0 heterocycles.